The fraction of sp³-hybridized carbons (Fsp3) is 0.133. The number of carbonyl (C=O) groups is 1. The number of halogens is 2. The van der Waals surface area contributed by atoms with Gasteiger partial charge in [0.2, 0.25) is 0 Å². The molecule has 1 unspecified atom stereocenters. The van der Waals surface area contributed by atoms with Crippen LogP contribution in [-0.4, -0.2) is 30.6 Å². The largest absolute Gasteiger partial charge is 0.342 e. The Morgan fingerprint density at radius 3 is 2.46 bits per heavy atom. The van der Waals surface area contributed by atoms with E-state index in [0.717, 1.165) is 0 Å². The summed E-state index contributed by atoms with van der Waals surface area (Å²) in [6, 6.07) is 5.92. The van der Waals surface area contributed by atoms with Crippen LogP contribution in [0.3, 0.4) is 0 Å². The van der Waals surface area contributed by atoms with Gasteiger partial charge < -0.3 is 5.32 Å². The SMILES string of the molecule is CC(NC(=O)c1cc(Cl)cc(Cl)c1)c1ncnn1-c1ncccn1. The summed E-state index contributed by atoms with van der Waals surface area (Å²) < 4.78 is 1.47. The number of rotatable bonds is 4. The lowest BCUT2D eigenvalue weighted by atomic mass is 10.2. The minimum atomic E-state index is -0.429. The molecule has 0 saturated heterocycles. The van der Waals surface area contributed by atoms with E-state index in [1.165, 1.54) is 11.0 Å². The second-order valence-corrected chi connectivity index (χ2v) is 5.80. The Kier molecular flexibility index (Phi) is 4.73. The van der Waals surface area contributed by atoms with Gasteiger partial charge in [0.05, 0.1) is 6.04 Å². The quantitative estimate of drug-likeness (QED) is 0.770. The third-order valence-electron chi connectivity index (χ3n) is 3.18. The summed E-state index contributed by atoms with van der Waals surface area (Å²) >= 11 is 11.9. The van der Waals surface area contributed by atoms with Crippen molar-refractivity contribution in [2.75, 3.05) is 0 Å². The van der Waals surface area contributed by atoms with E-state index in [-0.39, 0.29) is 5.91 Å². The topological polar surface area (TPSA) is 85.6 Å². The molecule has 0 bridgehead atoms. The predicted octanol–water partition coefficient (Wildman–Crippen LogP) is 2.86. The summed E-state index contributed by atoms with van der Waals surface area (Å²) in [6.07, 6.45) is 4.58. The van der Waals surface area contributed by atoms with Crippen LogP contribution in [0.15, 0.2) is 43.0 Å². The highest BCUT2D eigenvalue weighted by atomic mass is 35.5. The molecule has 1 atom stereocenters. The molecule has 24 heavy (non-hydrogen) atoms. The molecule has 2 heterocycles. The summed E-state index contributed by atoms with van der Waals surface area (Å²) in [5, 5.41) is 7.71. The minimum absolute atomic E-state index is 0.324. The van der Waals surface area contributed by atoms with Gasteiger partial charge in [-0.05, 0) is 31.2 Å². The number of amides is 1. The van der Waals surface area contributed by atoms with Crippen LogP contribution in [-0.2, 0) is 0 Å². The van der Waals surface area contributed by atoms with Gasteiger partial charge in [-0.25, -0.2) is 15.0 Å². The van der Waals surface area contributed by atoms with Crippen LogP contribution in [0.1, 0.15) is 29.1 Å². The lowest BCUT2D eigenvalue weighted by Crippen LogP contribution is -2.29. The third-order valence-corrected chi connectivity index (χ3v) is 3.61. The maximum atomic E-state index is 12.4. The van der Waals surface area contributed by atoms with Crippen LogP contribution in [0.25, 0.3) is 5.95 Å². The number of aromatic nitrogens is 5. The molecule has 0 aliphatic heterocycles. The lowest BCUT2D eigenvalue weighted by molar-refractivity contribution is 0.0938. The van der Waals surface area contributed by atoms with E-state index >= 15 is 0 Å². The first-order chi connectivity index (χ1) is 11.5. The predicted molar refractivity (Wildman–Crippen MR) is 89.3 cm³/mol. The van der Waals surface area contributed by atoms with Crippen molar-refractivity contribution in [1.29, 1.82) is 0 Å². The standard InChI is InChI=1S/C15H12Cl2N6O/c1-9(22-14(24)10-5-11(16)7-12(17)6-10)13-20-8-21-23(13)15-18-3-2-4-19-15/h2-9H,1H3,(H,22,24). The molecule has 1 amide bonds. The first-order valence-electron chi connectivity index (χ1n) is 6.99. The number of nitrogens with one attached hydrogen (secondary N) is 1. The Labute approximate surface area is 147 Å². The highest BCUT2D eigenvalue weighted by Gasteiger charge is 2.19. The van der Waals surface area contributed by atoms with Crippen molar-refractivity contribution in [2.24, 2.45) is 0 Å². The molecule has 1 N–H and O–H groups in total. The minimum Gasteiger partial charge on any atom is -0.342 e. The molecule has 122 valence electrons. The Morgan fingerprint density at radius 1 is 1.12 bits per heavy atom. The molecular formula is C15H12Cl2N6O. The molecule has 0 saturated carbocycles. The third kappa shape index (κ3) is 3.52. The van der Waals surface area contributed by atoms with Gasteiger partial charge >= 0.3 is 0 Å². The van der Waals surface area contributed by atoms with E-state index in [9.17, 15) is 4.79 Å². The molecule has 1 aromatic carbocycles. The van der Waals surface area contributed by atoms with Crippen molar-refractivity contribution in [3.63, 3.8) is 0 Å². The van der Waals surface area contributed by atoms with Crippen LogP contribution >= 0.6 is 23.2 Å². The fourth-order valence-corrected chi connectivity index (χ4v) is 2.66. The monoisotopic (exact) mass is 362 g/mol. The van der Waals surface area contributed by atoms with Gasteiger partial charge in [-0.15, -0.1) is 0 Å². The maximum absolute atomic E-state index is 12.4. The van der Waals surface area contributed by atoms with E-state index in [1.807, 2.05) is 0 Å². The summed E-state index contributed by atoms with van der Waals surface area (Å²) in [6.45, 7) is 1.79. The van der Waals surface area contributed by atoms with Crippen molar-refractivity contribution in [3.05, 3.63) is 64.4 Å². The smallest absolute Gasteiger partial charge is 0.252 e. The molecule has 0 aliphatic rings. The molecule has 0 spiro atoms. The normalized spacial score (nSPS) is 12.0. The van der Waals surface area contributed by atoms with Crippen LogP contribution in [0, 0.1) is 0 Å². The van der Waals surface area contributed by atoms with Gasteiger partial charge in [-0.3, -0.25) is 4.79 Å². The Balaban J connectivity index is 1.82. The van der Waals surface area contributed by atoms with Gasteiger partial charge in [0, 0.05) is 28.0 Å². The molecule has 0 aliphatic carbocycles. The molecular weight excluding hydrogens is 351 g/mol. The van der Waals surface area contributed by atoms with Gasteiger partial charge in [0.25, 0.3) is 11.9 Å². The zero-order chi connectivity index (χ0) is 17.1. The molecule has 3 aromatic rings. The zero-order valence-electron chi connectivity index (χ0n) is 12.5. The summed E-state index contributed by atoms with van der Waals surface area (Å²) in [5.41, 5.74) is 0.362. The average molecular weight is 363 g/mol. The zero-order valence-corrected chi connectivity index (χ0v) is 14.0. The Bertz CT molecular complexity index is 847. The second-order valence-electron chi connectivity index (χ2n) is 4.93. The van der Waals surface area contributed by atoms with E-state index in [2.05, 4.69) is 25.4 Å². The number of benzene rings is 1. The molecule has 2 aromatic heterocycles. The van der Waals surface area contributed by atoms with E-state index in [1.54, 1.807) is 43.6 Å². The van der Waals surface area contributed by atoms with E-state index in [0.29, 0.717) is 27.4 Å². The van der Waals surface area contributed by atoms with Crippen molar-refractivity contribution < 1.29 is 4.79 Å². The van der Waals surface area contributed by atoms with E-state index < -0.39 is 6.04 Å². The van der Waals surface area contributed by atoms with E-state index in [4.69, 9.17) is 23.2 Å². The number of nitrogens with zero attached hydrogens (tertiary/aromatic N) is 5. The first-order valence-corrected chi connectivity index (χ1v) is 7.74. The van der Waals surface area contributed by atoms with Gasteiger partial charge in [0.15, 0.2) is 5.82 Å². The molecule has 3 rings (SSSR count). The number of hydrogen-bond donors (Lipinski definition) is 1. The van der Waals surface area contributed by atoms with Gasteiger partial charge in [-0.1, -0.05) is 23.2 Å². The Hall–Kier alpha value is -2.51. The maximum Gasteiger partial charge on any atom is 0.252 e. The fourth-order valence-electron chi connectivity index (χ4n) is 2.13. The number of carbonyl (C=O) groups excluding carboxylic acids is 1. The lowest BCUT2D eigenvalue weighted by Gasteiger charge is -2.14. The van der Waals surface area contributed by atoms with Crippen molar-refractivity contribution >= 4 is 29.1 Å². The Morgan fingerprint density at radius 2 is 1.79 bits per heavy atom. The van der Waals surface area contributed by atoms with Gasteiger partial charge in [-0.2, -0.15) is 9.78 Å². The number of hydrogen-bond acceptors (Lipinski definition) is 5. The molecule has 0 radical (unpaired) electrons. The summed E-state index contributed by atoms with van der Waals surface area (Å²) in [7, 11) is 0. The van der Waals surface area contributed by atoms with Gasteiger partial charge in [0.1, 0.15) is 6.33 Å². The van der Waals surface area contributed by atoms with Crippen LogP contribution < -0.4 is 5.32 Å². The van der Waals surface area contributed by atoms with Crippen LogP contribution in [0.4, 0.5) is 0 Å². The average Bonchev–Trinajstić information content (AvgIpc) is 3.04. The molecule has 9 heteroatoms. The first kappa shape index (κ1) is 16.4. The molecule has 7 nitrogen and oxygen atoms in total. The second kappa shape index (κ2) is 6.94. The van der Waals surface area contributed by atoms with Crippen LogP contribution in [0.2, 0.25) is 10.0 Å². The summed E-state index contributed by atoms with van der Waals surface area (Å²) in [4.78, 5) is 24.8. The van der Waals surface area contributed by atoms with Crippen molar-refractivity contribution in [1.82, 2.24) is 30.0 Å². The molecule has 0 fully saturated rings. The van der Waals surface area contributed by atoms with Crippen molar-refractivity contribution in [2.45, 2.75) is 13.0 Å². The summed E-state index contributed by atoms with van der Waals surface area (Å²) in [5.74, 6) is 0.551. The van der Waals surface area contributed by atoms with Crippen LogP contribution in [0.5, 0.6) is 0 Å². The highest BCUT2D eigenvalue weighted by Crippen LogP contribution is 2.20. The van der Waals surface area contributed by atoms with Crippen molar-refractivity contribution in [3.8, 4) is 5.95 Å². The highest BCUT2D eigenvalue weighted by molar-refractivity contribution is 6.35.